The number of likely N-dealkylation sites (N-methyl/N-ethyl adjacent to an activating group) is 1. The smallest absolute Gasteiger partial charge is 0.226 e. The number of amidine groups is 1. The highest BCUT2D eigenvalue weighted by molar-refractivity contribution is 5.93. The summed E-state index contributed by atoms with van der Waals surface area (Å²) in [5.41, 5.74) is 5.96. The Hall–Kier alpha value is -1.69. The van der Waals surface area contributed by atoms with E-state index in [-0.39, 0.29) is 5.84 Å². The Labute approximate surface area is 107 Å². The van der Waals surface area contributed by atoms with Gasteiger partial charge in [-0.2, -0.15) is 0 Å². The minimum atomic E-state index is -0.0155. The number of hydrogen-bond acceptors (Lipinski definition) is 5. The quantitative estimate of drug-likeness (QED) is 0.581. The zero-order valence-electron chi connectivity index (χ0n) is 10.9. The molecular formula is C12H20N6. The van der Waals surface area contributed by atoms with E-state index in [0.29, 0.717) is 17.7 Å². The van der Waals surface area contributed by atoms with E-state index in [1.54, 1.807) is 12.3 Å². The lowest BCUT2D eigenvalue weighted by Crippen LogP contribution is -2.39. The van der Waals surface area contributed by atoms with Gasteiger partial charge >= 0.3 is 0 Å². The van der Waals surface area contributed by atoms with Crippen molar-refractivity contribution >= 4 is 11.8 Å². The fourth-order valence-electron chi connectivity index (χ4n) is 2.31. The van der Waals surface area contributed by atoms with Gasteiger partial charge in [0, 0.05) is 25.3 Å². The van der Waals surface area contributed by atoms with Crippen LogP contribution in [0.3, 0.4) is 0 Å². The molecule has 0 saturated carbocycles. The van der Waals surface area contributed by atoms with E-state index in [4.69, 9.17) is 11.1 Å². The summed E-state index contributed by atoms with van der Waals surface area (Å²) < 4.78 is 0. The lowest BCUT2D eigenvalue weighted by molar-refractivity contribution is 0.337. The molecule has 2 rings (SSSR count). The van der Waals surface area contributed by atoms with Crippen molar-refractivity contribution in [2.24, 2.45) is 5.73 Å². The van der Waals surface area contributed by atoms with E-state index in [9.17, 15) is 0 Å². The first-order valence-electron chi connectivity index (χ1n) is 6.20. The van der Waals surface area contributed by atoms with E-state index in [2.05, 4.69) is 33.7 Å². The van der Waals surface area contributed by atoms with Gasteiger partial charge in [-0.05, 0) is 33.0 Å². The van der Waals surface area contributed by atoms with Gasteiger partial charge in [-0.3, -0.25) is 5.41 Å². The highest BCUT2D eigenvalue weighted by atomic mass is 15.3. The number of nitrogens with zero attached hydrogens (tertiary/aromatic N) is 4. The molecule has 0 amide bonds. The summed E-state index contributed by atoms with van der Waals surface area (Å²) in [6.45, 7) is 5.19. The Balaban J connectivity index is 2.24. The number of hydrogen-bond donors (Lipinski definition) is 2. The van der Waals surface area contributed by atoms with E-state index >= 15 is 0 Å². The molecule has 0 bridgehead atoms. The van der Waals surface area contributed by atoms with Crippen molar-refractivity contribution in [2.75, 3.05) is 31.6 Å². The second kappa shape index (κ2) is 5.30. The Morgan fingerprint density at radius 3 is 3.00 bits per heavy atom. The number of nitrogens with two attached hydrogens (primary N) is 1. The summed E-state index contributed by atoms with van der Waals surface area (Å²) in [7, 11) is 2.13. The number of rotatable bonds is 2. The summed E-state index contributed by atoms with van der Waals surface area (Å²) in [6.07, 6.45) is 2.76. The van der Waals surface area contributed by atoms with E-state index in [1.165, 1.54) is 0 Å². The number of anilines is 1. The first-order chi connectivity index (χ1) is 8.58. The molecule has 98 valence electrons. The molecule has 0 aliphatic carbocycles. The molecule has 1 aromatic rings. The van der Waals surface area contributed by atoms with Gasteiger partial charge in [-0.15, -0.1) is 0 Å². The summed E-state index contributed by atoms with van der Waals surface area (Å²) in [6, 6.07) is 2.03. The van der Waals surface area contributed by atoms with Gasteiger partial charge in [-0.25, -0.2) is 9.97 Å². The maximum Gasteiger partial charge on any atom is 0.226 e. The zero-order chi connectivity index (χ0) is 13.1. The van der Waals surface area contributed by atoms with Gasteiger partial charge < -0.3 is 15.5 Å². The Kier molecular flexibility index (Phi) is 3.76. The van der Waals surface area contributed by atoms with Crippen LogP contribution < -0.4 is 10.6 Å². The predicted octanol–water partition coefficient (Wildman–Crippen LogP) is 0.291. The molecule has 2 heterocycles. The first-order valence-corrected chi connectivity index (χ1v) is 6.20. The van der Waals surface area contributed by atoms with Gasteiger partial charge in [0.05, 0.1) is 0 Å². The summed E-state index contributed by atoms with van der Waals surface area (Å²) >= 11 is 0. The van der Waals surface area contributed by atoms with Gasteiger partial charge in [0.2, 0.25) is 5.95 Å². The number of nitrogens with one attached hydrogen (secondary N) is 1. The van der Waals surface area contributed by atoms with Crippen molar-refractivity contribution in [3.8, 4) is 0 Å². The molecule has 1 atom stereocenters. The van der Waals surface area contributed by atoms with Crippen LogP contribution in [0.2, 0.25) is 0 Å². The SMILES string of the molecule is C[C@H]1CN(C)CCCN1c1nccc(C(=N)N)n1. The third-order valence-electron chi connectivity index (χ3n) is 3.22. The average molecular weight is 248 g/mol. The van der Waals surface area contributed by atoms with Crippen molar-refractivity contribution in [3.63, 3.8) is 0 Å². The van der Waals surface area contributed by atoms with Gasteiger partial charge in [0.15, 0.2) is 0 Å². The van der Waals surface area contributed by atoms with Crippen LogP contribution in [0, 0.1) is 5.41 Å². The fourth-order valence-corrected chi connectivity index (χ4v) is 2.31. The third-order valence-corrected chi connectivity index (χ3v) is 3.22. The van der Waals surface area contributed by atoms with Crippen LogP contribution in [0.4, 0.5) is 5.95 Å². The largest absolute Gasteiger partial charge is 0.382 e. The van der Waals surface area contributed by atoms with Crippen molar-refractivity contribution in [2.45, 2.75) is 19.4 Å². The van der Waals surface area contributed by atoms with Gasteiger partial charge in [0.1, 0.15) is 11.5 Å². The summed E-state index contributed by atoms with van der Waals surface area (Å²) in [5, 5.41) is 7.43. The molecule has 1 aliphatic heterocycles. The van der Waals surface area contributed by atoms with Crippen LogP contribution in [-0.2, 0) is 0 Å². The Morgan fingerprint density at radius 1 is 1.50 bits per heavy atom. The normalized spacial score (nSPS) is 21.7. The lowest BCUT2D eigenvalue weighted by Gasteiger charge is -2.28. The molecule has 1 fully saturated rings. The van der Waals surface area contributed by atoms with E-state index in [0.717, 1.165) is 26.1 Å². The number of aromatic nitrogens is 2. The maximum absolute atomic E-state index is 7.43. The van der Waals surface area contributed by atoms with Crippen LogP contribution in [0.5, 0.6) is 0 Å². The molecule has 0 unspecified atom stereocenters. The molecule has 1 saturated heterocycles. The molecule has 0 radical (unpaired) electrons. The van der Waals surface area contributed by atoms with Crippen molar-refractivity contribution in [1.82, 2.24) is 14.9 Å². The monoisotopic (exact) mass is 248 g/mol. The highest BCUT2D eigenvalue weighted by Gasteiger charge is 2.22. The second-order valence-corrected chi connectivity index (χ2v) is 4.81. The third kappa shape index (κ3) is 2.76. The van der Waals surface area contributed by atoms with Crippen LogP contribution in [0.15, 0.2) is 12.3 Å². The molecule has 1 aliphatic rings. The zero-order valence-corrected chi connectivity index (χ0v) is 10.9. The molecule has 6 heteroatoms. The van der Waals surface area contributed by atoms with Crippen LogP contribution >= 0.6 is 0 Å². The minimum Gasteiger partial charge on any atom is -0.382 e. The predicted molar refractivity (Wildman–Crippen MR) is 72.0 cm³/mol. The summed E-state index contributed by atoms with van der Waals surface area (Å²) in [5.74, 6) is 0.656. The molecule has 1 aromatic heterocycles. The molecule has 3 N–H and O–H groups in total. The first kappa shape index (κ1) is 12.8. The van der Waals surface area contributed by atoms with E-state index < -0.39 is 0 Å². The van der Waals surface area contributed by atoms with Gasteiger partial charge in [-0.1, -0.05) is 0 Å². The summed E-state index contributed by atoms with van der Waals surface area (Å²) in [4.78, 5) is 13.2. The topological polar surface area (TPSA) is 82.1 Å². The minimum absolute atomic E-state index is 0.0155. The van der Waals surface area contributed by atoms with Crippen LogP contribution in [0.25, 0.3) is 0 Å². The lowest BCUT2D eigenvalue weighted by atomic mass is 10.3. The molecule has 0 spiro atoms. The van der Waals surface area contributed by atoms with Crippen molar-refractivity contribution in [1.29, 1.82) is 5.41 Å². The van der Waals surface area contributed by atoms with Crippen molar-refractivity contribution < 1.29 is 0 Å². The standard InChI is InChI=1S/C12H20N6/c1-9-8-17(2)6-3-7-18(9)12-15-5-4-10(16-12)11(13)14/h4-5,9H,3,6-8H2,1-2H3,(H3,13,14)/t9-/m0/s1. The Morgan fingerprint density at radius 2 is 2.28 bits per heavy atom. The molecule has 0 aromatic carbocycles. The second-order valence-electron chi connectivity index (χ2n) is 4.81. The van der Waals surface area contributed by atoms with Crippen LogP contribution in [0.1, 0.15) is 19.0 Å². The van der Waals surface area contributed by atoms with Crippen molar-refractivity contribution in [3.05, 3.63) is 18.0 Å². The maximum atomic E-state index is 7.43. The fraction of sp³-hybridized carbons (Fsp3) is 0.583. The average Bonchev–Trinajstić information content (AvgIpc) is 2.50. The van der Waals surface area contributed by atoms with E-state index in [1.807, 2.05) is 0 Å². The molecule has 18 heavy (non-hydrogen) atoms. The molecular weight excluding hydrogens is 228 g/mol. The van der Waals surface area contributed by atoms with Gasteiger partial charge in [0.25, 0.3) is 0 Å². The Bertz CT molecular complexity index is 432. The number of nitrogen functional groups attached to an aromatic ring is 1. The molecule has 6 nitrogen and oxygen atoms in total. The highest BCUT2D eigenvalue weighted by Crippen LogP contribution is 2.15. The van der Waals surface area contributed by atoms with Crippen LogP contribution in [-0.4, -0.2) is 53.4 Å².